The molecule has 0 amide bonds. The Balaban J connectivity index is 0.00000264. The third kappa shape index (κ3) is 3.95. The van der Waals surface area contributed by atoms with Gasteiger partial charge in [-0.15, -0.1) is 12.4 Å². The van der Waals surface area contributed by atoms with Crippen molar-refractivity contribution in [3.63, 3.8) is 0 Å². The molecule has 0 spiro atoms. The van der Waals surface area contributed by atoms with Crippen LogP contribution in [0, 0.1) is 16.0 Å². The molecule has 2 rings (SSSR count). The van der Waals surface area contributed by atoms with Gasteiger partial charge in [-0.1, -0.05) is 18.5 Å². The second-order valence-corrected chi connectivity index (χ2v) is 7.70. The SMILES string of the molecule is CC1CCCN(S(=O)(=O)c2ccc(Cl)cc2[N+](=O)[O-])C1CN.Cl. The summed E-state index contributed by atoms with van der Waals surface area (Å²) < 4.78 is 27.0. The molecule has 1 aromatic carbocycles. The molecule has 1 aromatic rings. The standard InChI is InChI=1S/C13H18ClN3O4S.ClH/c1-9-3-2-6-16(12(9)8-15)22(20,21)13-5-4-10(14)7-11(13)17(18)19;/h4-5,7,9,12H,2-3,6,8,15H2,1H3;1H. The third-order valence-electron chi connectivity index (χ3n) is 4.01. The van der Waals surface area contributed by atoms with E-state index in [0.717, 1.165) is 12.5 Å². The van der Waals surface area contributed by atoms with Gasteiger partial charge in [0.2, 0.25) is 10.0 Å². The van der Waals surface area contributed by atoms with Gasteiger partial charge in [-0.3, -0.25) is 10.1 Å². The molecule has 2 atom stereocenters. The molecular weight excluding hydrogens is 365 g/mol. The smallest absolute Gasteiger partial charge is 0.290 e. The Bertz CT molecular complexity index is 684. The van der Waals surface area contributed by atoms with Gasteiger partial charge >= 0.3 is 0 Å². The first-order valence-electron chi connectivity index (χ1n) is 6.95. The molecule has 0 aromatic heterocycles. The van der Waals surface area contributed by atoms with Gasteiger partial charge in [0.15, 0.2) is 4.90 Å². The highest BCUT2D eigenvalue weighted by molar-refractivity contribution is 7.89. The summed E-state index contributed by atoms with van der Waals surface area (Å²) in [5, 5.41) is 11.3. The van der Waals surface area contributed by atoms with Crippen molar-refractivity contribution in [2.45, 2.75) is 30.7 Å². The average Bonchev–Trinajstić information content (AvgIpc) is 2.46. The number of hydrogen-bond acceptors (Lipinski definition) is 5. The van der Waals surface area contributed by atoms with Crippen LogP contribution in [-0.4, -0.2) is 36.8 Å². The molecule has 130 valence electrons. The van der Waals surface area contributed by atoms with E-state index in [0.29, 0.717) is 13.0 Å². The number of sulfonamides is 1. The number of nitrogens with two attached hydrogens (primary N) is 1. The summed E-state index contributed by atoms with van der Waals surface area (Å²) in [6, 6.07) is 3.22. The quantitative estimate of drug-likeness (QED) is 0.634. The number of piperidine rings is 1. The summed E-state index contributed by atoms with van der Waals surface area (Å²) >= 11 is 5.74. The van der Waals surface area contributed by atoms with Crippen LogP contribution in [0.2, 0.25) is 5.02 Å². The number of halogens is 2. The Morgan fingerprint density at radius 1 is 1.48 bits per heavy atom. The Hall–Kier alpha value is -0.930. The highest BCUT2D eigenvalue weighted by Gasteiger charge is 2.39. The van der Waals surface area contributed by atoms with Gasteiger partial charge < -0.3 is 5.73 Å². The number of hydrogen-bond donors (Lipinski definition) is 1. The van der Waals surface area contributed by atoms with Gasteiger partial charge in [-0.05, 0) is 30.9 Å². The minimum atomic E-state index is -4.00. The molecule has 0 radical (unpaired) electrons. The monoisotopic (exact) mass is 383 g/mol. The lowest BCUT2D eigenvalue weighted by atomic mass is 9.93. The second-order valence-electron chi connectivity index (χ2n) is 5.41. The van der Waals surface area contributed by atoms with Crippen molar-refractivity contribution in [3.8, 4) is 0 Å². The lowest BCUT2D eigenvalue weighted by Gasteiger charge is -2.38. The summed E-state index contributed by atoms with van der Waals surface area (Å²) in [6.45, 7) is 2.44. The summed E-state index contributed by atoms with van der Waals surface area (Å²) in [6.07, 6.45) is 1.59. The van der Waals surface area contributed by atoms with Gasteiger partial charge in [0.05, 0.1) is 4.92 Å². The van der Waals surface area contributed by atoms with Crippen LogP contribution in [0.25, 0.3) is 0 Å². The van der Waals surface area contributed by atoms with E-state index in [1.807, 2.05) is 6.92 Å². The number of rotatable bonds is 4. The molecule has 10 heteroatoms. The van der Waals surface area contributed by atoms with Crippen molar-refractivity contribution in [2.24, 2.45) is 11.7 Å². The van der Waals surface area contributed by atoms with E-state index in [-0.39, 0.29) is 40.8 Å². The predicted octanol–water partition coefficient (Wildman–Crippen LogP) is 2.42. The minimum absolute atomic E-state index is 0. The van der Waals surface area contributed by atoms with Crippen LogP contribution in [0.5, 0.6) is 0 Å². The van der Waals surface area contributed by atoms with Gasteiger partial charge in [0, 0.05) is 30.2 Å². The van der Waals surface area contributed by atoms with Crippen molar-refractivity contribution in [1.82, 2.24) is 4.31 Å². The lowest BCUT2D eigenvalue weighted by molar-refractivity contribution is -0.387. The largest absolute Gasteiger partial charge is 0.329 e. The zero-order valence-corrected chi connectivity index (χ0v) is 14.9. The normalized spacial score (nSPS) is 22.4. The molecule has 0 bridgehead atoms. The number of nitro groups is 1. The summed E-state index contributed by atoms with van der Waals surface area (Å²) in [5.41, 5.74) is 5.21. The number of nitro benzene ring substituents is 1. The molecule has 1 fully saturated rings. The van der Waals surface area contributed by atoms with Crippen molar-refractivity contribution in [3.05, 3.63) is 33.3 Å². The Labute approximate surface area is 146 Å². The van der Waals surface area contributed by atoms with Crippen LogP contribution >= 0.6 is 24.0 Å². The number of nitrogens with zero attached hydrogens (tertiary/aromatic N) is 2. The molecule has 7 nitrogen and oxygen atoms in total. The summed E-state index contributed by atoms with van der Waals surface area (Å²) in [5.74, 6) is 0.111. The maximum atomic E-state index is 12.9. The average molecular weight is 384 g/mol. The first-order chi connectivity index (χ1) is 10.3. The minimum Gasteiger partial charge on any atom is -0.329 e. The molecule has 1 heterocycles. The van der Waals surface area contributed by atoms with E-state index < -0.39 is 20.6 Å². The Morgan fingerprint density at radius 3 is 2.70 bits per heavy atom. The summed E-state index contributed by atoms with van der Waals surface area (Å²) in [4.78, 5) is 10.1. The maximum Gasteiger partial charge on any atom is 0.290 e. The van der Waals surface area contributed by atoms with Crippen molar-refractivity contribution in [2.75, 3.05) is 13.1 Å². The highest BCUT2D eigenvalue weighted by Crippen LogP contribution is 2.33. The van der Waals surface area contributed by atoms with Crippen molar-refractivity contribution < 1.29 is 13.3 Å². The predicted molar refractivity (Wildman–Crippen MR) is 90.5 cm³/mol. The van der Waals surface area contributed by atoms with Gasteiger partial charge in [0.25, 0.3) is 5.69 Å². The topological polar surface area (TPSA) is 107 Å². The first kappa shape index (κ1) is 20.1. The van der Waals surface area contributed by atoms with E-state index in [1.54, 1.807) is 0 Å². The van der Waals surface area contributed by atoms with Crippen LogP contribution in [0.15, 0.2) is 23.1 Å². The maximum absolute atomic E-state index is 12.9. The van der Waals surface area contributed by atoms with Crippen LogP contribution in [-0.2, 0) is 10.0 Å². The van der Waals surface area contributed by atoms with Crippen LogP contribution < -0.4 is 5.73 Å². The molecule has 2 N–H and O–H groups in total. The third-order valence-corrected chi connectivity index (χ3v) is 6.22. The molecule has 1 aliphatic rings. The molecule has 1 aliphatic heterocycles. The molecule has 1 saturated heterocycles. The van der Waals surface area contributed by atoms with E-state index in [4.69, 9.17) is 17.3 Å². The fraction of sp³-hybridized carbons (Fsp3) is 0.538. The van der Waals surface area contributed by atoms with E-state index in [2.05, 4.69) is 0 Å². The Morgan fingerprint density at radius 2 is 2.13 bits per heavy atom. The second kappa shape index (κ2) is 7.76. The van der Waals surface area contributed by atoms with Gasteiger partial charge in [-0.2, -0.15) is 4.31 Å². The molecule has 0 aliphatic carbocycles. The molecule has 23 heavy (non-hydrogen) atoms. The summed E-state index contributed by atoms with van der Waals surface area (Å²) in [7, 11) is -4.00. The molecule has 0 saturated carbocycles. The zero-order chi connectivity index (χ0) is 16.5. The fourth-order valence-electron chi connectivity index (χ4n) is 2.84. The first-order valence-corrected chi connectivity index (χ1v) is 8.76. The van der Waals surface area contributed by atoms with Gasteiger partial charge in [-0.25, -0.2) is 8.42 Å². The van der Waals surface area contributed by atoms with Gasteiger partial charge in [0.1, 0.15) is 0 Å². The fourth-order valence-corrected chi connectivity index (χ4v) is 4.91. The van der Waals surface area contributed by atoms with Crippen LogP contribution in [0.3, 0.4) is 0 Å². The molecular formula is C13H19Cl2N3O4S. The van der Waals surface area contributed by atoms with Crippen LogP contribution in [0.4, 0.5) is 5.69 Å². The highest BCUT2D eigenvalue weighted by atomic mass is 35.5. The van der Waals surface area contributed by atoms with E-state index >= 15 is 0 Å². The van der Waals surface area contributed by atoms with Crippen LogP contribution in [0.1, 0.15) is 19.8 Å². The van der Waals surface area contributed by atoms with E-state index in [9.17, 15) is 18.5 Å². The lowest BCUT2D eigenvalue weighted by Crippen LogP contribution is -2.51. The van der Waals surface area contributed by atoms with E-state index in [1.165, 1.54) is 16.4 Å². The van der Waals surface area contributed by atoms with Crippen molar-refractivity contribution >= 4 is 39.7 Å². The Kier molecular flexibility index (Phi) is 6.79. The zero-order valence-electron chi connectivity index (χ0n) is 12.5. The molecule has 2 unspecified atom stereocenters. The van der Waals surface area contributed by atoms with Crippen molar-refractivity contribution in [1.29, 1.82) is 0 Å². The number of benzene rings is 1.